The van der Waals surface area contributed by atoms with Gasteiger partial charge in [0.05, 0.1) is 18.9 Å². The Morgan fingerprint density at radius 3 is 2.90 bits per heavy atom. The van der Waals surface area contributed by atoms with Crippen LogP contribution < -0.4 is 5.32 Å². The van der Waals surface area contributed by atoms with Crippen LogP contribution in [0.2, 0.25) is 0 Å². The Morgan fingerprint density at radius 1 is 1.33 bits per heavy atom. The Balaban J connectivity index is 1.75. The second-order valence-electron chi connectivity index (χ2n) is 5.33. The molecule has 1 saturated heterocycles. The molecule has 1 aromatic heterocycles. The SMILES string of the molecule is CCOCCCNc1nc(C)cn1CCN1CCOCC1. The molecule has 1 fully saturated rings. The third-order valence-electron chi connectivity index (χ3n) is 3.61. The summed E-state index contributed by atoms with van der Waals surface area (Å²) in [5.41, 5.74) is 1.06. The Labute approximate surface area is 127 Å². The molecule has 21 heavy (non-hydrogen) atoms. The van der Waals surface area contributed by atoms with E-state index < -0.39 is 0 Å². The van der Waals surface area contributed by atoms with Gasteiger partial charge in [0, 0.05) is 52.1 Å². The molecular formula is C15H28N4O2. The second-order valence-corrected chi connectivity index (χ2v) is 5.33. The highest BCUT2D eigenvalue weighted by atomic mass is 16.5. The van der Waals surface area contributed by atoms with Gasteiger partial charge < -0.3 is 19.4 Å². The maximum absolute atomic E-state index is 5.38. The number of hydrogen-bond acceptors (Lipinski definition) is 5. The summed E-state index contributed by atoms with van der Waals surface area (Å²) < 4.78 is 12.9. The molecule has 1 aliphatic rings. The van der Waals surface area contributed by atoms with Crippen molar-refractivity contribution < 1.29 is 9.47 Å². The molecule has 120 valence electrons. The molecule has 2 rings (SSSR count). The highest BCUT2D eigenvalue weighted by Gasteiger charge is 2.11. The van der Waals surface area contributed by atoms with E-state index in [1.807, 2.05) is 13.8 Å². The zero-order valence-corrected chi connectivity index (χ0v) is 13.3. The molecule has 0 amide bonds. The van der Waals surface area contributed by atoms with E-state index in [-0.39, 0.29) is 0 Å². The molecule has 0 bridgehead atoms. The van der Waals surface area contributed by atoms with Gasteiger partial charge in [-0.25, -0.2) is 4.98 Å². The van der Waals surface area contributed by atoms with Crippen LogP contribution >= 0.6 is 0 Å². The smallest absolute Gasteiger partial charge is 0.203 e. The van der Waals surface area contributed by atoms with Crippen LogP contribution in [0.5, 0.6) is 0 Å². The van der Waals surface area contributed by atoms with Crippen LogP contribution in [0.4, 0.5) is 5.95 Å². The Bertz CT molecular complexity index is 402. The van der Waals surface area contributed by atoms with E-state index in [2.05, 4.69) is 26.0 Å². The summed E-state index contributed by atoms with van der Waals surface area (Å²) in [7, 11) is 0. The Morgan fingerprint density at radius 2 is 2.14 bits per heavy atom. The van der Waals surface area contributed by atoms with Gasteiger partial charge >= 0.3 is 0 Å². The predicted octanol–water partition coefficient (Wildman–Crippen LogP) is 1.36. The molecule has 0 atom stereocenters. The van der Waals surface area contributed by atoms with Crippen molar-refractivity contribution >= 4 is 5.95 Å². The monoisotopic (exact) mass is 296 g/mol. The third kappa shape index (κ3) is 5.65. The Hall–Kier alpha value is -1.11. The van der Waals surface area contributed by atoms with Crippen LogP contribution in [0.1, 0.15) is 19.0 Å². The van der Waals surface area contributed by atoms with E-state index in [1.54, 1.807) is 0 Å². The number of aryl methyl sites for hydroxylation is 1. The van der Waals surface area contributed by atoms with Crippen LogP contribution in [0.15, 0.2) is 6.20 Å². The van der Waals surface area contributed by atoms with Crippen molar-refractivity contribution in [3.8, 4) is 0 Å². The molecule has 0 aromatic carbocycles. The van der Waals surface area contributed by atoms with Gasteiger partial charge in [0.15, 0.2) is 0 Å². The lowest BCUT2D eigenvalue weighted by atomic mass is 10.4. The van der Waals surface area contributed by atoms with Gasteiger partial charge in [-0.2, -0.15) is 0 Å². The van der Waals surface area contributed by atoms with E-state index in [1.165, 1.54) is 0 Å². The van der Waals surface area contributed by atoms with Crippen molar-refractivity contribution in [2.45, 2.75) is 26.8 Å². The number of anilines is 1. The fourth-order valence-corrected chi connectivity index (χ4v) is 2.45. The standard InChI is InChI=1S/C15H28N4O2/c1-3-20-10-4-5-16-15-17-14(2)13-19(15)7-6-18-8-11-21-12-9-18/h13H,3-12H2,1-2H3,(H,16,17). The first-order valence-corrected chi connectivity index (χ1v) is 7.95. The molecule has 0 spiro atoms. The van der Waals surface area contributed by atoms with Crippen LogP contribution in [-0.4, -0.2) is 67.1 Å². The minimum Gasteiger partial charge on any atom is -0.382 e. The molecule has 0 saturated carbocycles. The lowest BCUT2D eigenvalue weighted by Crippen LogP contribution is -2.38. The largest absolute Gasteiger partial charge is 0.382 e. The van der Waals surface area contributed by atoms with Gasteiger partial charge in [0.25, 0.3) is 0 Å². The molecule has 1 N–H and O–H groups in total. The number of ether oxygens (including phenoxy) is 2. The van der Waals surface area contributed by atoms with Crippen LogP contribution in [0.3, 0.4) is 0 Å². The molecule has 1 aromatic rings. The van der Waals surface area contributed by atoms with E-state index in [0.717, 1.165) is 77.2 Å². The Kier molecular flexibility index (Phi) is 6.99. The minimum atomic E-state index is 0.785. The van der Waals surface area contributed by atoms with Crippen LogP contribution in [-0.2, 0) is 16.0 Å². The van der Waals surface area contributed by atoms with Gasteiger partial charge in [0.1, 0.15) is 0 Å². The highest BCUT2D eigenvalue weighted by molar-refractivity contribution is 5.28. The molecule has 0 radical (unpaired) electrons. The van der Waals surface area contributed by atoms with Crippen LogP contribution in [0, 0.1) is 6.92 Å². The second kappa shape index (κ2) is 9.02. The third-order valence-corrected chi connectivity index (χ3v) is 3.61. The summed E-state index contributed by atoms with van der Waals surface area (Å²) in [5.74, 6) is 0.970. The number of aromatic nitrogens is 2. The summed E-state index contributed by atoms with van der Waals surface area (Å²) in [6.45, 7) is 12.3. The zero-order chi connectivity index (χ0) is 14.9. The number of imidazole rings is 1. The van der Waals surface area contributed by atoms with Crippen molar-refractivity contribution in [3.05, 3.63) is 11.9 Å². The minimum absolute atomic E-state index is 0.785. The number of nitrogens with one attached hydrogen (secondary N) is 1. The summed E-state index contributed by atoms with van der Waals surface area (Å²) >= 11 is 0. The highest BCUT2D eigenvalue weighted by Crippen LogP contribution is 2.09. The van der Waals surface area contributed by atoms with Gasteiger partial charge in [-0.05, 0) is 20.3 Å². The summed E-state index contributed by atoms with van der Waals surface area (Å²) in [6, 6.07) is 0. The van der Waals surface area contributed by atoms with Crippen molar-refractivity contribution in [2.75, 3.05) is 57.9 Å². The lowest BCUT2D eigenvalue weighted by Gasteiger charge is -2.26. The maximum atomic E-state index is 5.38. The number of morpholine rings is 1. The quantitative estimate of drug-likeness (QED) is 0.697. The topological polar surface area (TPSA) is 51.5 Å². The van der Waals surface area contributed by atoms with E-state index >= 15 is 0 Å². The summed E-state index contributed by atoms with van der Waals surface area (Å²) in [4.78, 5) is 7.00. The van der Waals surface area contributed by atoms with Crippen molar-refractivity contribution in [1.29, 1.82) is 0 Å². The van der Waals surface area contributed by atoms with Crippen molar-refractivity contribution in [2.24, 2.45) is 0 Å². The van der Waals surface area contributed by atoms with Crippen molar-refractivity contribution in [1.82, 2.24) is 14.5 Å². The van der Waals surface area contributed by atoms with Gasteiger partial charge in [0.2, 0.25) is 5.95 Å². The fraction of sp³-hybridized carbons (Fsp3) is 0.800. The summed E-state index contributed by atoms with van der Waals surface area (Å²) in [6.07, 6.45) is 3.12. The number of rotatable bonds is 9. The zero-order valence-electron chi connectivity index (χ0n) is 13.3. The first-order chi connectivity index (χ1) is 10.3. The predicted molar refractivity (Wildman–Crippen MR) is 83.8 cm³/mol. The maximum Gasteiger partial charge on any atom is 0.203 e. The van der Waals surface area contributed by atoms with Crippen molar-refractivity contribution in [3.63, 3.8) is 0 Å². The lowest BCUT2D eigenvalue weighted by molar-refractivity contribution is 0.0364. The number of nitrogens with zero attached hydrogens (tertiary/aromatic N) is 3. The van der Waals surface area contributed by atoms with Gasteiger partial charge in [-0.3, -0.25) is 4.90 Å². The molecular weight excluding hydrogens is 268 g/mol. The average Bonchev–Trinajstić information content (AvgIpc) is 2.86. The molecule has 0 unspecified atom stereocenters. The van der Waals surface area contributed by atoms with Gasteiger partial charge in [-0.1, -0.05) is 0 Å². The summed E-state index contributed by atoms with van der Waals surface area (Å²) in [5, 5.41) is 3.41. The average molecular weight is 296 g/mol. The first-order valence-electron chi connectivity index (χ1n) is 7.95. The normalized spacial score (nSPS) is 16.3. The molecule has 6 nitrogen and oxygen atoms in total. The number of hydrogen-bond donors (Lipinski definition) is 1. The van der Waals surface area contributed by atoms with E-state index in [4.69, 9.17) is 9.47 Å². The molecule has 2 heterocycles. The fourth-order valence-electron chi connectivity index (χ4n) is 2.45. The molecule has 6 heteroatoms. The van der Waals surface area contributed by atoms with Crippen LogP contribution in [0.25, 0.3) is 0 Å². The van der Waals surface area contributed by atoms with Gasteiger partial charge in [-0.15, -0.1) is 0 Å². The molecule has 0 aliphatic carbocycles. The van der Waals surface area contributed by atoms with E-state index in [9.17, 15) is 0 Å². The molecule has 1 aliphatic heterocycles. The first kappa shape index (κ1) is 16.3. The van der Waals surface area contributed by atoms with E-state index in [0.29, 0.717) is 0 Å².